The average Bonchev–Trinajstić information content (AvgIpc) is 3.34. The molecule has 3 N–H and O–H groups in total. The van der Waals surface area contributed by atoms with E-state index in [-0.39, 0.29) is 36.0 Å². The molecule has 1 aliphatic heterocycles. The van der Waals surface area contributed by atoms with Crippen LogP contribution in [0.2, 0.25) is 0 Å². The van der Waals surface area contributed by atoms with E-state index >= 15 is 0 Å². The van der Waals surface area contributed by atoms with Crippen LogP contribution in [0.4, 0.5) is 11.4 Å². The number of guanidine groups is 1. The summed E-state index contributed by atoms with van der Waals surface area (Å²) in [6, 6.07) is 16.4. The largest absolute Gasteiger partial charge is 0.370 e. The maximum absolute atomic E-state index is 12.3. The van der Waals surface area contributed by atoms with Crippen molar-refractivity contribution in [3.63, 3.8) is 0 Å². The van der Waals surface area contributed by atoms with Crippen LogP contribution in [0.25, 0.3) is 0 Å². The Bertz CT molecular complexity index is 915. The molecule has 1 amide bonds. The normalized spacial score (nSPS) is 15.5. The highest BCUT2D eigenvalue weighted by molar-refractivity contribution is 14.0. The summed E-state index contributed by atoms with van der Waals surface area (Å²) in [6.45, 7) is 8.16. The van der Waals surface area contributed by atoms with Crippen LogP contribution in [0, 0.1) is 6.92 Å². The first kappa shape index (κ1) is 26.9. The molecular weight excluding hydrogens is 529 g/mol. The lowest BCUT2D eigenvalue weighted by atomic mass is 10.2. The van der Waals surface area contributed by atoms with Gasteiger partial charge in [0.15, 0.2) is 5.96 Å². The zero-order valence-electron chi connectivity index (χ0n) is 19.8. The first-order valence-electron chi connectivity index (χ1n) is 11.4. The van der Waals surface area contributed by atoms with Gasteiger partial charge in [-0.05, 0) is 62.1 Å². The monoisotopic (exact) mass is 565 g/mol. The summed E-state index contributed by atoms with van der Waals surface area (Å²) in [5, 5.41) is 9.68. The molecule has 1 unspecified atom stereocenters. The van der Waals surface area contributed by atoms with E-state index in [0.29, 0.717) is 13.2 Å². The van der Waals surface area contributed by atoms with Gasteiger partial charge >= 0.3 is 0 Å². The molecule has 1 atom stereocenters. The van der Waals surface area contributed by atoms with Gasteiger partial charge in [0.25, 0.3) is 5.91 Å². The Morgan fingerprint density at radius 3 is 2.70 bits per heavy atom. The zero-order valence-corrected chi connectivity index (χ0v) is 22.1. The van der Waals surface area contributed by atoms with Gasteiger partial charge in [0.05, 0.1) is 0 Å². The molecule has 0 saturated carbocycles. The van der Waals surface area contributed by atoms with Crippen molar-refractivity contribution in [1.29, 1.82) is 0 Å². The Kier molecular flexibility index (Phi) is 11.5. The lowest BCUT2D eigenvalue weighted by molar-refractivity contribution is -0.124. The fourth-order valence-electron chi connectivity index (χ4n) is 3.78. The van der Waals surface area contributed by atoms with Crippen molar-refractivity contribution in [2.24, 2.45) is 4.99 Å². The molecule has 0 aromatic heterocycles. The van der Waals surface area contributed by atoms with E-state index in [1.165, 1.54) is 11.3 Å². The van der Waals surface area contributed by atoms with Crippen molar-refractivity contribution in [2.45, 2.75) is 39.3 Å². The summed E-state index contributed by atoms with van der Waals surface area (Å²) in [5.41, 5.74) is 4.34. The second-order valence-electron chi connectivity index (χ2n) is 7.96. The molecule has 0 aliphatic carbocycles. The van der Waals surface area contributed by atoms with E-state index in [1.807, 2.05) is 24.3 Å². The summed E-state index contributed by atoms with van der Waals surface area (Å²) in [5.74, 6) is 0.679. The number of hydrogen-bond acceptors (Lipinski definition) is 4. The van der Waals surface area contributed by atoms with Crippen molar-refractivity contribution in [3.05, 3.63) is 59.7 Å². The number of aliphatic imine (C=N–C) groups is 1. The van der Waals surface area contributed by atoms with Gasteiger partial charge in [-0.2, -0.15) is 0 Å². The number of nitrogens with zero attached hydrogens (tertiary/aromatic N) is 2. The molecule has 2 aromatic carbocycles. The minimum atomic E-state index is -0.331. The fourth-order valence-corrected chi connectivity index (χ4v) is 3.78. The van der Waals surface area contributed by atoms with Crippen LogP contribution in [0.3, 0.4) is 0 Å². The van der Waals surface area contributed by atoms with Crippen LogP contribution in [-0.2, 0) is 16.1 Å². The van der Waals surface area contributed by atoms with Crippen molar-refractivity contribution in [2.75, 3.05) is 43.5 Å². The highest BCUT2D eigenvalue weighted by Crippen LogP contribution is 2.17. The van der Waals surface area contributed by atoms with Crippen molar-refractivity contribution >= 4 is 47.2 Å². The van der Waals surface area contributed by atoms with Gasteiger partial charge in [-0.3, -0.25) is 9.79 Å². The van der Waals surface area contributed by atoms with Gasteiger partial charge in [-0.25, -0.2) is 0 Å². The number of rotatable bonds is 9. The standard InChI is InChI=1S/C25H35N5O2.HI/c1-4-30(22-11-5-8-19(2)16-22)14-13-27-25(26-3)28-18-20-9-6-10-21(17-20)29-24(31)23-12-7-15-32-23;/h5-6,8-11,16-17,23H,4,7,12-15,18H2,1-3H3,(H,29,31)(H2,26,27,28);1H. The van der Waals surface area contributed by atoms with E-state index < -0.39 is 0 Å². The number of likely N-dealkylation sites (N-methyl/N-ethyl adjacent to an activating group) is 1. The Morgan fingerprint density at radius 2 is 2.00 bits per heavy atom. The molecule has 0 spiro atoms. The van der Waals surface area contributed by atoms with Gasteiger partial charge in [-0.15, -0.1) is 24.0 Å². The smallest absolute Gasteiger partial charge is 0.253 e. The summed E-state index contributed by atoms with van der Waals surface area (Å²) < 4.78 is 5.46. The Balaban J connectivity index is 0.00000385. The van der Waals surface area contributed by atoms with Crippen LogP contribution in [0.5, 0.6) is 0 Å². The molecule has 7 nitrogen and oxygen atoms in total. The third-order valence-corrected chi connectivity index (χ3v) is 5.52. The number of anilines is 2. The first-order valence-corrected chi connectivity index (χ1v) is 11.4. The molecule has 1 aliphatic rings. The lowest BCUT2D eigenvalue weighted by Crippen LogP contribution is -2.41. The molecule has 1 fully saturated rings. The van der Waals surface area contributed by atoms with Gasteiger partial charge in [0.1, 0.15) is 6.10 Å². The molecular formula is C25H36IN5O2. The van der Waals surface area contributed by atoms with Crippen molar-refractivity contribution < 1.29 is 9.53 Å². The van der Waals surface area contributed by atoms with Crippen LogP contribution < -0.4 is 20.9 Å². The minimum Gasteiger partial charge on any atom is -0.370 e. The number of carbonyl (C=O) groups is 1. The number of aryl methyl sites for hydroxylation is 1. The molecule has 3 rings (SSSR count). The summed E-state index contributed by atoms with van der Waals surface area (Å²) in [6.07, 6.45) is 1.39. The number of amides is 1. The second kappa shape index (κ2) is 14.0. The molecule has 0 radical (unpaired) electrons. The zero-order chi connectivity index (χ0) is 22.8. The summed E-state index contributed by atoms with van der Waals surface area (Å²) >= 11 is 0. The van der Waals surface area contributed by atoms with Crippen LogP contribution >= 0.6 is 24.0 Å². The molecule has 1 heterocycles. The van der Waals surface area contributed by atoms with E-state index in [0.717, 1.165) is 49.7 Å². The summed E-state index contributed by atoms with van der Waals surface area (Å²) in [7, 11) is 1.77. The molecule has 33 heavy (non-hydrogen) atoms. The minimum absolute atomic E-state index is 0. The maximum Gasteiger partial charge on any atom is 0.253 e. The number of carbonyl (C=O) groups excluding carboxylic acids is 1. The topological polar surface area (TPSA) is 78.0 Å². The fraction of sp³-hybridized carbons (Fsp3) is 0.440. The second-order valence-corrected chi connectivity index (χ2v) is 7.96. The average molecular weight is 566 g/mol. The quantitative estimate of drug-likeness (QED) is 0.244. The van der Waals surface area contributed by atoms with Gasteiger partial charge < -0.3 is 25.6 Å². The Morgan fingerprint density at radius 1 is 1.18 bits per heavy atom. The van der Waals surface area contributed by atoms with Crippen LogP contribution in [0.1, 0.15) is 30.9 Å². The lowest BCUT2D eigenvalue weighted by Gasteiger charge is -2.24. The van der Waals surface area contributed by atoms with Gasteiger partial charge in [-0.1, -0.05) is 24.3 Å². The SMILES string of the molecule is CCN(CCNC(=NC)NCc1cccc(NC(=O)C2CCCO2)c1)c1cccc(C)c1.I. The predicted molar refractivity (Wildman–Crippen MR) is 147 cm³/mol. The Labute approximate surface area is 214 Å². The number of halogens is 1. The van der Waals surface area contributed by atoms with Crippen LogP contribution in [-0.4, -0.2) is 51.3 Å². The summed E-state index contributed by atoms with van der Waals surface area (Å²) in [4.78, 5) is 18.9. The van der Waals surface area contributed by atoms with Crippen molar-refractivity contribution in [1.82, 2.24) is 10.6 Å². The molecule has 180 valence electrons. The van der Waals surface area contributed by atoms with Gasteiger partial charge in [0, 0.05) is 51.2 Å². The number of benzene rings is 2. The Hall–Kier alpha value is -2.33. The highest BCUT2D eigenvalue weighted by atomic mass is 127. The number of ether oxygens (including phenoxy) is 1. The van der Waals surface area contributed by atoms with Crippen LogP contribution in [0.15, 0.2) is 53.5 Å². The predicted octanol–water partition coefficient (Wildman–Crippen LogP) is 3.92. The number of nitrogens with one attached hydrogen (secondary N) is 3. The third kappa shape index (κ3) is 8.51. The molecule has 8 heteroatoms. The van der Waals surface area contributed by atoms with E-state index in [4.69, 9.17) is 4.74 Å². The highest BCUT2D eigenvalue weighted by Gasteiger charge is 2.23. The van der Waals surface area contributed by atoms with E-state index in [9.17, 15) is 4.79 Å². The van der Waals surface area contributed by atoms with E-state index in [2.05, 4.69) is 64.0 Å². The third-order valence-electron chi connectivity index (χ3n) is 5.52. The van der Waals surface area contributed by atoms with Gasteiger partial charge in [0.2, 0.25) is 0 Å². The maximum atomic E-state index is 12.3. The number of hydrogen-bond donors (Lipinski definition) is 3. The molecule has 0 bridgehead atoms. The molecule has 1 saturated heterocycles. The molecule has 2 aromatic rings. The van der Waals surface area contributed by atoms with E-state index in [1.54, 1.807) is 7.05 Å². The first-order chi connectivity index (χ1) is 15.6. The van der Waals surface area contributed by atoms with Crippen molar-refractivity contribution in [3.8, 4) is 0 Å².